The number of ether oxygens (including phenoxy) is 1. The SMILES string of the molecule is Cc1ccccc1C1=N[C@H](C)CO1. The van der Waals surface area contributed by atoms with Crippen LogP contribution in [0.2, 0.25) is 0 Å². The molecule has 1 aliphatic rings. The van der Waals surface area contributed by atoms with Gasteiger partial charge in [0, 0.05) is 5.56 Å². The van der Waals surface area contributed by atoms with Crippen LogP contribution in [0.25, 0.3) is 0 Å². The number of rotatable bonds is 1. The number of aryl methyl sites for hydroxylation is 1. The van der Waals surface area contributed by atoms with Gasteiger partial charge in [-0.15, -0.1) is 0 Å². The van der Waals surface area contributed by atoms with Gasteiger partial charge in [0.2, 0.25) is 5.90 Å². The van der Waals surface area contributed by atoms with Crippen molar-refractivity contribution in [2.45, 2.75) is 19.9 Å². The van der Waals surface area contributed by atoms with E-state index < -0.39 is 0 Å². The molecule has 0 saturated carbocycles. The molecule has 1 atom stereocenters. The maximum absolute atomic E-state index is 5.48. The van der Waals surface area contributed by atoms with Gasteiger partial charge < -0.3 is 4.74 Å². The van der Waals surface area contributed by atoms with Crippen LogP contribution in [-0.4, -0.2) is 18.5 Å². The third-order valence-electron chi connectivity index (χ3n) is 2.17. The Balaban J connectivity index is 2.36. The smallest absolute Gasteiger partial charge is 0.216 e. The Bertz CT molecular complexity index is 344. The van der Waals surface area contributed by atoms with Crippen molar-refractivity contribution < 1.29 is 4.74 Å². The Hall–Kier alpha value is -1.31. The highest BCUT2D eigenvalue weighted by Crippen LogP contribution is 2.14. The standard InChI is InChI=1S/C11H13NO/c1-8-5-3-4-6-10(8)11-12-9(2)7-13-11/h3-6,9H,7H2,1-2H3/t9-/m1/s1. The molecule has 1 aromatic carbocycles. The highest BCUT2D eigenvalue weighted by Gasteiger charge is 2.16. The van der Waals surface area contributed by atoms with E-state index in [2.05, 4.69) is 24.9 Å². The van der Waals surface area contributed by atoms with Crippen LogP contribution in [0.15, 0.2) is 29.3 Å². The molecule has 68 valence electrons. The summed E-state index contributed by atoms with van der Waals surface area (Å²) in [5.41, 5.74) is 2.34. The second-order valence-electron chi connectivity index (χ2n) is 3.41. The lowest BCUT2D eigenvalue weighted by Crippen LogP contribution is -2.03. The molecule has 0 radical (unpaired) electrons. The van der Waals surface area contributed by atoms with Gasteiger partial charge in [-0.2, -0.15) is 0 Å². The molecule has 0 aliphatic carbocycles. The second kappa shape index (κ2) is 3.21. The molecule has 1 aliphatic heterocycles. The van der Waals surface area contributed by atoms with Crippen LogP contribution >= 0.6 is 0 Å². The van der Waals surface area contributed by atoms with Gasteiger partial charge in [-0.05, 0) is 25.5 Å². The maximum Gasteiger partial charge on any atom is 0.216 e. The summed E-state index contributed by atoms with van der Waals surface area (Å²) in [5, 5.41) is 0. The van der Waals surface area contributed by atoms with Gasteiger partial charge >= 0.3 is 0 Å². The number of hydrogen-bond donors (Lipinski definition) is 0. The van der Waals surface area contributed by atoms with E-state index in [1.165, 1.54) is 5.56 Å². The molecule has 1 aromatic rings. The molecule has 2 rings (SSSR count). The van der Waals surface area contributed by atoms with Crippen LogP contribution in [-0.2, 0) is 4.74 Å². The molecule has 2 heteroatoms. The van der Waals surface area contributed by atoms with Gasteiger partial charge in [-0.25, -0.2) is 4.99 Å². The van der Waals surface area contributed by atoms with Gasteiger partial charge in [0.15, 0.2) is 0 Å². The molecular weight excluding hydrogens is 162 g/mol. The van der Waals surface area contributed by atoms with Gasteiger partial charge in [-0.1, -0.05) is 18.2 Å². The van der Waals surface area contributed by atoms with Crippen LogP contribution in [0, 0.1) is 6.92 Å². The van der Waals surface area contributed by atoms with E-state index in [-0.39, 0.29) is 0 Å². The Morgan fingerprint density at radius 1 is 1.38 bits per heavy atom. The van der Waals surface area contributed by atoms with Crippen molar-refractivity contribution in [1.29, 1.82) is 0 Å². The fraction of sp³-hybridized carbons (Fsp3) is 0.364. The predicted octanol–water partition coefficient (Wildman–Crippen LogP) is 2.16. The molecule has 0 N–H and O–H groups in total. The van der Waals surface area contributed by atoms with Crippen LogP contribution in [0.5, 0.6) is 0 Å². The Labute approximate surface area is 78.3 Å². The summed E-state index contributed by atoms with van der Waals surface area (Å²) in [6.07, 6.45) is 0. The normalized spacial score (nSPS) is 21.1. The Morgan fingerprint density at radius 3 is 2.77 bits per heavy atom. The third kappa shape index (κ3) is 1.57. The first-order valence-electron chi connectivity index (χ1n) is 4.54. The van der Waals surface area contributed by atoms with Crippen molar-refractivity contribution in [3.63, 3.8) is 0 Å². The first-order valence-corrected chi connectivity index (χ1v) is 4.54. The second-order valence-corrected chi connectivity index (χ2v) is 3.41. The minimum atomic E-state index is 0.301. The quantitative estimate of drug-likeness (QED) is 0.641. The first kappa shape index (κ1) is 8.30. The van der Waals surface area contributed by atoms with Gasteiger partial charge in [-0.3, -0.25) is 0 Å². The molecule has 0 bridgehead atoms. The average Bonchev–Trinajstić information content (AvgIpc) is 2.53. The van der Waals surface area contributed by atoms with E-state index in [1.807, 2.05) is 18.2 Å². The molecule has 0 fully saturated rings. The van der Waals surface area contributed by atoms with E-state index >= 15 is 0 Å². The van der Waals surface area contributed by atoms with Crippen molar-refractivity contribution in [2.24, 2.45) is 4.99 Å². The van der Waals surface area contributed by atoms with E-state index in [0.717, 1.165) is 11.5 Å². The highest BCUT2D eigenvalue weighted by molar-refractivity contribution is 5.96. The summed E-state index contributed by atoms with van der Waals surface area (Å²) in [6.45, 7) is 4.85. The molecular formula is C11H13NO. The zero-order valence-electron chi connectivity index (χ0n) is 7.95. The van der Waals surface area contributed by atoms with E-state index in [9.17, 15) is 0 Å². The van der Waals surface area contributed by atoms with Crippen LogP contribution in [0.1, 0.15) is 18.1 Å². The predicted molar refractivity (Wildman–Crippen MR) is 53.1 cm³/mol. The summed E-state index contributed by atoms with van der Waals surface area (Å²) in [4.78, 5) is 4.41. The van der Waals surface area contributed by atoms with Crippen LogP contribution in [0.3, 0.4) is 0 Å². The number of aliphatic imine (C=N–C) groups is 1. The highest BCUT2D eigenvalue weighted by atomic mass is 16.5. The van der Waals surface area contributed by atoms with E-state index in [1.54, 1.807) is 0 Å². The topological polar surface area (TPSA) is 21.6 Å². The van der Waals surface area contributed by atoms with Crippen molar-refractivity contribution >= 4 is 5.90 Å². The summed E-state index contributed by atoms with van der Waals surface area (Å²) in [5.74, 6) is 0.797. The van der Waals surface area contributed by atoms with Gasteiger partial charge in [0.1, 0.15) is 6.61 Å². The average molecular weight is 175 g/mol. The van der Waals surface area contributed by atoms with E-state index in [4.69, 9.17) is 4.74 Å². The number of nitrogens with zero attached hydrogens (tertiary/aromatic N) is 1. The molecule has 13 heavy (non-hydrogen) atoms. The zero-order valence-corrected chi connectivity index (χ0v) is 7.95. The third-order valence-corrected chi connectivity index (χ3v) is 2.17. The van der Waals surface area contributed by atoms with Crippen molar-refractivity contribution in [3.05, 3.63) is 35.4 Å². The number of hydrogen-bond acceptors (Lipinski definition) is 2. The summed E-state index contributed by atoms with van der Waals surface area (Å²) in [6, 6.07) is 8.46. The molecule has 0 aromatic heterocycles. The zero-order chi connectivity index (χ0) is 9.26. The molecule has 0 unspecified atom stereocenters. The summed E-state index contributed by atoms with van der Waals surface area (Å²) < 4.78 is 5.48. The minimum absolute atomic E-state index is 0.301. The lowest BCUT2D eigenvalue weighted by molar-refractivity contribution is 0.324. The fourth-order valence-electron chi connectivity index (χ4n) is 1.43. The monoisotopic (exact) mass is 175 g/mol. The fourth-order valence-corrected chi connectivity index (χ4v) is 1.43. The van der Waals surface area contributed by atoms with Crippen molar-refractivity contribution in [3.8, 4) is 0 Å². The summed E-state index contributed by atoms with van der Waals surface area (Å²) in [7, 11) is 0. The molecule has 0 spiro atoms. The maximum atomic E-state index is 5.48. The van der Waals surface area contributed by atoms with Gasteiger partial charge in [0.05, 0.1) is 6.04 Å². The van der Waals surface area contributed by atoms with Crippen molar-refractivity contribution in [2.75, 3.05) is 6.61 Å². The van der Waals surface area contributed by atoms with E-state index in [0.29, 0.717) is 12.6 Å². The summed E-state index contributed by atoms with van der Waals surface area (Å²) >= 11 is 0. The van der Waals surface area contributed by atoms with Gasteiger partial charge in [0.25, 0.3) is 0 Å². The minimum Gasteiger partial charge on any atom is -0.475 e. The molecule has 1 heterocycles. The molecule has 0 saturated heterocycles. The molecule has 0 amide bonds. The van der Waals surface area contributed by atoms with Crippen LogP contribution in [0.4, 0.5) is 0 Å². The Kier molecular flexibility index (Phi) is 2.05. The molecule has 2 nitrogen and oxygen atoms in total. The first-order chi connectivity index (χ1) is 6.27. The van der Waals surface area contributed by atoms with Crippen LogP contribution < -0.4 is 0 Å². The number of benzene rings is 1. The van der Waals surface area contributed by atoms with Crippen molar-refractivity contribution in [1.82, 2.24) is 0 Å². The lowest BCUT2D eigenvalue weighted by Gasteiger charge is -2.03. The largest absolute Gasteiger partial charge is 0.475 e. The Morgan fingerprint density at radius 2 is 2.15 bits per heavy atom. The lowest BCUT2D eigenvalue weighted by atomic mass is 10.1.